The lowest BCUT2D eigenvalue weighted by Gasteiger charge is -2.23. The van der Waals surface area contributed by atoms with Crippen molar-refractivity contribution in [1.82, 2.24) is 14.9 Å². The van der Waals surface area contributed by atoms with Crippen LogP contribution < -0.4 is 10.6 Å². The van der Waals surface area contributed by atoms with Gasteiger partial charge in [0.2, 0.25) is 0 Å². The van der Waals surface area contributed by atoms with Gasteiger partial charge in [0.25, 0.3) is 11.8 Å². The maximum Gasteiger partial charge on any atom is 0.256 e. The first-order chi connectivity index (χ1) is 13.2. The zero-order chi connectivity index (χ0) is 20.7. The van der Waals surface area contributed by atoms with Gasteiger partial charge in [0.15, 0.2) is 5.16 Å². The second kappa shape index (κ2) is 9.70. The number of anilines is 1. The number of hydrogen-bond acceptors (Lipinski definition) is 5. The summed E-state index contributed by atoms with van der Waals surface area (Å²) >= 11 is 1.51. The third-order valence-corrected chi connectivity index (χ3v) is 4.93. The normalized spacial score (nSPS) is 11.3. The Morgan fingerprint density at radius 1 is 1.32 bits per heavy atom. The van der Waals surface area contributed by atoms with Crippen molar-refractivity contribution < 1.29 is 18.7 Å². The molecule has 0 saturated carbocycles. The molecule has 0 fully saturated rings. The number of imidazole rings is 1. The van der Waals surface area contributed by atoms with Gasteiger partial charge in [-0.15, -0.1) is 0 Å². The number of amides is 2. The molecule has 2 rings (SSSR count). The van der Waals surface area contributed by atoms with Crippen LogP contribution in [0.25, 0.3) is 0 Å². The third kappa shape index (κ3) is 6.07. The fraction of sp³-hybridized carbons (Fsp3) is 0.421. The lowest BCUT2D eigenvalue weighted by Crippen LogP contribution is -2.39. The summed E-state index contributed by atoms with van der Waals surface area (Å²) in [6, 6.07) is 3.72. The van der Waals surface area contributed by atoms with Gasteiger partial charge in [-0.2, -0.15) is 0 Å². The predicted octanol–water partition coefficient (Wildman–Crippen LogP) is 2.83. The van der Waals surface area contributed by atoms with Gasteiger partial charge in [-0.05, 0) is 39.0 Å². The van der Waals surface area contributed by atoms with Crippen LogP contribution in [-0.4, -0.2) is 45.9 Å². The zero-order valence-corrected chi connectivity index (χ0v) is 17.2. The van der Waals surface area contributed by atoms with Crippen LogP contribution in [0.4, 0.5) is 10.1 Å². The first kappa shape index (κ1) is 21.9. The second-order valence-corrected chi connectivity index (χ2v) is 7.61. The maximum atomic E-state index is 13.9. The number of carbonyl (C=O) groups excluding carboxylic acids is 2. The summed E-state index contributed by atoms with van der Waals surface area (Å²) in [4.78, 5) is 28.8. The van der Waals surface area contributed by atoms with Gasteiger partial charge < -0.3 is 19.9 Å². The van der Waals surface area contributed by atoms with Crippen LogP contribution in [0, 0.1) is 5.82 Å². The van der Waals surface area contributed by atoms with Crippen molar-refractivity contribution >= 4 is 29.3 Å². The topological polar surface area (TPSA) is 85.2 Å². The van der Waals surface area contributed by atoms with Gasteiger partial charge in [0.1, 0.15) is 11.4 Å². The molecule has 0 aliphatic heterocycles. The quantitative estimate of drug-likeness (QED) is 0.492. The Labute approximate surface area is 168 Å². The van der Waals surface area contributed by atoms with E-state index in [4.69, 9.17) is 4.74 Å². The first-order valence-corrected chi connectivity index (χ1v) is 9.86. The molecule has 0 bridgehead atoms. The average Bonchev–Trinajstić information content (AvgIpc) is 3.03. The van der Waals surface area contributed by atoms with E-state index in [0.29, 0.717) is 18.9 Å². The standard InChI is InChI=1S/C19H25FN4O3S/c1-5-27-19(2,3)17(26)23-15-11-13(10-14(20)12-15)16(25)21-7-9-28-18-22-6-8-24(18)4/h6,8,10-12H,5,7,9H2,1-4H3,(H,21,25)(H,23,26). The third-order valence-electron chi connectivity index (χ3n) is 3.87. The van der Waals surface area contributed by atoms with E-state index >= 15 is 0 Å². The zero-order valence-electron chi connectivity index (χ0n) is 16.4. The molecule has 9 heteroatoms. The Morgan fingerprint density at radius 3 is 2.71 bits per heavy atom. The van der Waals surface area contributed by atoms with Crippen LogP contribution in [0.3, 0.4) is 0 Å². The summed E-state index contributed by atoms with van der Waals surface area (Å²) < 4.78 is 21.2. The van der Waals surface area contributed by atoms with E-state index in [1.54, 1.807) is 27.0 Å². The van der Waals surface area contributed by atoms with Crippen molar-refractivity contribution in [2.24, 2.45) is 7.05 Å². The summed E-state index contributed by atoms with van der Waals surface area (Å²) in [6.07, 6.45) is 3.55. The molecule has 28 heavy (non-hydrogen) atoms. The van der Waals surface area contributed by atoms with Gasteiger partial charge in [0, 0.05) is 49.6 Å². The van der Waals surface area contributed by atoms with Crippen LogP contribution in [0.5, 0.6) is 0 Å². The molecule has 0 saturated heterocycles. The van der Waals surface area contributed by atoms with E-state index in [9.17, 15) is 14.0 Å². The van der Waals surface area contributed by atoms with Crippen molar-refractivity contribution in [1.29, 1.82) is 0 Å². The van der Waals surface area contributed by atoms with Crippen LogP contribution in [0.15, 0.2) is 35.7 Å². The molecular formula is C19H25FN4O3S. The average molecular weight is 408 g/mol. The molecule has 2 amide bonds. The molecule has 0 unspecified atom stereocenters. The fourth-order valence-corrected chi connectivity index (χ4v) is 3.19. The van der Waals surface area contributed by atoms with Crippen molar-refractivity contribution in [3.05, 3.63) is 42.0 Å². The molecule has 2 N–H and O–H groups in total. The smallest absolute Gasteiger partial charge is 0.256 e. The summed E-state index contributed by atoms with van der Waals surface area (Å²) in [5, 5.41) is 6.18. The Bertz CT molecular complexity index is 838. The molecule has 1 aromatic carbocycles. The Kier molecular flexibility index (Phi) is 7.59. The van der Waals surface area contributed by atoms with E-state index < -0.39 is 23.2 Å². The highest BCUT2D eigenvalue weighted by molar-refractivity contribution is 7.99. The van der Waals surface area contributed by atoms with Gasteiger partial charge >= 0.3 is 0 Å². The monoisotopic (exact) mass is 408 g/mol. The number of nitrogens with zero attached hydrogens (tertiary/aromatic N) is 2. The number of ether oxygens (including phenoxy) is 1. The van der Waals surface area contributed by atoms with Crippen LogP contribution in [0.1, 0.15) is 31.1 Å². The number of hydrogen-bond donors (Lipinski definition) is 2. The number of carbonyl (C=O) groups is 2. The Morgan fingerprint density at radius 2 is 2.07 bits per heavy atom. The lowest BCUT2D eigenvalue weighted by atomic mass is 10.1. The van der Waals surface area contributed by atoms with E-state index in [1.807, 2.05) is 17.8 Å². The molecule has 0 atom stereocenters. The minimum atomic E-state index is -1.06. The number of halogens is 1. The van der Waals surface area contributed by atoms with E-state index in [0.717, 1.165) is 17.3 Å². The molecule has 0 spiro atoms. The fourth-order valence-electron chi connectivity index (χ4n) is 2.40. The number of benzene rings is 1. The lowest BCUT2D eigenvalue weighted by molar-refractivity contribution is -0.136. The highest BCUT2D eigenvalue weighted by Gasteiger charge is 2.28. The molecule has 1 heterocycles. The number of rotatable bonds is 9. The van der Waals surface area contributed by atoms with Crippen molar-refractivity contribution in [3.63, 3.8) is 0 Å². The van der Waals surface area contributed by atoms with Gasteiger partial charge in [-0.3, -0.25) is 9.59 Å². The van der Waals surface area contributed by atoms with Crippen LogP contribution in [-0.2, 0) is 16.6 Å². The van der Waals surface area contributed by atoms with Gasteiger partial charge in [-0.1, -0.05) is 11.8 Å². The highest BCUT2D eigenvalue weighted by Crippen LogP contribution is 2.18. The van der Waals surface area contributed by atoms with E-state index in [1.165, 1.54) is 17.8 Å². The molecular weight excluding hydrogens is 383 g/mol. The Hall–Kier alpha value is -2.39. The minimum absolute atomic E-state index is 0.131. The molecule has 2 aromatic rings. The van der Waals surface area contributed by atoms with Crippen molar-refractivity contribution in [3.8, 4) is 0 Å². The van der Waals surface area contributed by atoms with Crippen molar-refractivity contribution in [2.45, 2.75) is 31.5 Å². The van der Waals surface area contributed by atoms with E-state index in [-0.39, 0.29) is 11.3 Å². The molecule has 152 valence electrons. The number of aromatic nitrogens is 2. The van der Waals surface area contributed by atoms with Crippen LogP contribution in [0.2, 0.25) is 0 Å². The predicted molar refractivity (Wildman–Crippen MR) is 107 cm³/mol. The van der Waals surface area contributed by atoms with Crippen LogP contribution >= 0.6 is 11.8 Å². The molecule has 7 nitrogen and oxygen atoms in total. The molecule has 1 aromatic heterocycles. The molecule has 0 aliphatic carbocycles. The summed E-state index contributed by atoms with van der Waals surface area (Å²) in [5.74, 6) is -0.824. The first-order valence-electron chi connectivity index (χ1n) is 8.87. The summed E-state index contributed by atoms with van der Waals surface area (Å²) in [7, 11) is 1.89. The number of thioether (sulfide) groups is 1. The summed E-state index contributed by atoms with van der Waals surface area (Å²) in [6.45, 7) is 5.79. The van der Waals surface area contributed by atoms with Gasteiger partial charge in [0.05, 0.1) is 0 Å². The molecule has 0 radical (unpaired) electrons. The highest BCUT2D eigenvalue weighted by atomic mass is 32.2. The van der Waals surface area contributed by atoms with Crippen molar-refractivity contribution in [2.75, 3.05) is 24.2 Å². The van der Waals surface area contributed by atoms with E-state index in [2.05, 4.69) is 15.6 Å². The maximum absolute atomic E-state index is 13.9. The number of aryl methyl sites for hydroxylation is 1. The Balaban J connectivity index is 1.94. The molecule has 0 aliphatic rings. The number of nitrogens with one attached hydrogen (secondary N) is 2. The largest absolute Gasteiger partial charge is 0.366 e. The summed E-state index contributed by atoms with van der Waals surface area (Å²) in [5.41, 5.74) is -0.733. The van der Waals surface area contributed by atoms with Gasteiger partial charge in [-0.25, -0.2) is 9.37 Å². The second-order valence-electron chi connectivity index (χ2n) is 6.55. The minimum Gasteiger partial charge on any atom is -0.366 e. The SMILES string of the molecule is CCOC(C)(C)C(=O)Nc1cc(F)cc(C(=O)NCCSc2nccn2C)c1.